The summed E-state index contributed by atoms with van der Waals surface area (Å²) in [6.45, 7) is 4.10. The van der Waals surface area contributed by atoms with Crippen LogP contribution in [0.2, 0.25) is 0 Å². The number of nitrogens with one attached hydrogen (secondary N) is 1. The molecule has 0 aromatic heterocycles. The van der Waals surface area contributed by atoms with Crippen LogP contribution in [0.15, 0.2) is 18.2 Å². The van der Waals surface area contributed by atoms with E-state index in [2.05, 4.69) is 17.1 Å². The summed E-state index contributed by atoms with van der Waals surface area (Å²) in [6.07, 6.45) is 3.68. The van der Waals surface area contributed by atoms with Gasteiger partial charge in [0.05, 0.1) is 7.11 Å². The van der Waals surface area contributed by atoms with Gasteiger partial charge in [0, 0.05) is 36.8 Å². The van der Waals surface area contributed by atoms with Crippen molar-refractivity contribution in [3.63, 3.8) is 0 Å². The van der Waals surface area contributed by atoms with E-state index in [9.17, 15) is 4.39 Å². The van der Waals surface area contributed by atoms with E-state index in [0.29, 0.717) is 23.4 Å². The lowest BCUT2D eigenvalue weighted by molar-refractivity contribution is 0.192. The molecule has 2 saturated heterocycles. The maximum atomic E-state index is 14.2. The van der Waals surface area contributed by atoms with E-state index >= 15 is 0 Å². The maximum absolute atomic E-state index is 14.2. The zero-order chi connectivity index (χ0) is 14.1. The van der Waals surface area contributed by atoms with Crippen molar-refractivity contribution in [2.75, 3.05) is 20.2 Å². The molecular formula is C16H23FN2O. The first-order valence-electron chi connectivity index (χ1n) is 7.51. The fourth-order valence-electron chi connectivity index (χ4n) is 3.61. The standard InChI is InChI=1S/C16H23FN2O/c1-11(16-14(17)4-3-5-15(16)20-2)19-9-8-12-6-7-13(10-19)18-12/h3-5,11-13,18H,6-10H2,1-2H3. The lowest BCUT2D eigenvalue weighted by Gasteiger charge is -2.31. The Morgan fingerprint density at radius 2 is 2.10 bits per heavy atom. The maximum Gasteiger partial charge on any atom is 0.131 e. The second-order valence-corrected chi connectivity index (χ2v) is 5.95. The van der Waals surface area contributed by atoms with Crippen LogP contribution in [-0.2, 0) is 0 Å². The minimum atomic E-state index is -0.167. The fourth-order valence-corrected chi connectivity index (χ4v) is 3.61. The van der Waals surface area contributed by atoms with E-state index in [1.807, 2.05) is 6.07 Å². The van der Waals surface area contributed by atoms with Gasteiger partial charge in [-0.05, 0) is 38.3 Å². The van der Waals surface area contributed by atoms with Gasteiger partial charge < -0.3 is 10.1 Å². The molecule has 2 heterocycles. The summed E-state index contributed by atoms with van der Waals surface area (Å²) in [4.78, 5) is 2.39. The summed E-state index contributed by atoms with van der Waals surface area (Å²) in [5.41, 5.74) is 0.688. The Morgan fingerprint density at radius 1 is 1.30 bits per heavy atom. The molecule has 0 aliphatic carbocycles. The van der Waals surface area contributed by atoms with Crippen LogP contribution >= 0.6 is 0 Å². The van der Waals surface area contributed by atoms with Crippen LogP contribution in [0, 0.1) is 5.82 Å². The van der Waals surface area contributed by atoms with Gasteiger partial charge in [0.25, 0.3) is 0 Å². The Bertz CT molecular complexity index is 480. The summed E-state index contributed by atoms with van der Waals surface area (Å²) >= 11 is 0. The summed E-state index contributed by atoms with van der Waals surface area (Å²) in [5, 5.41) is 3.67. The molecule has 110 valence electrons. The van der Waals surface area contributed by atoms with Gasteiger partial charge in [-0.15, -0.1) is 0 Å². The lowest BCUT2D eigenvalue weighted by atomic mass is 10.0. The SMILES string of the molecule is COc1cccc(F)c1C(C)N1CCC2CCC(C1)N2. The number of likely N-dealkylation sites (tertiary alicyclic amines) is 1. The molecule has 2 aliphatic heterocycles. The summed E-state index contributed by atoms with van der Waals surface area (Å²) in [5.74, 6) is 0.485. The lowest BCUT2D eigenvalue weighted by Crippen LogP contribution is -2.37. The van der Waals surface area contributed by atoms with Gasteiger partial charge in [0.2, 0.25) is 0 Å². The van der Waals surface area contributed by atoms with Crippen LogP contribution in [-0.4, -0.2) is 37.2 Å². The predicted octanol–water partition coefficient (Wildman–Crippen LogP) is 2.72. The molecule has 0 amide bonds. The minimum Gasteiger partial charge on any atom is -0.496 e. The first kappa shape index (κ1) is 13.8. The molecule has 3 unspecified atom stereocenters. The number of benzene rings is 1. The molecule has 2 aliphatic rings. The molecule has 4 heteroatoms. The molecule has 1 aromatic rings. The number of nitrogens with zero attached hydrogens (tertiary/aromatic N) is 1. The van der Waals surface area contributed by atoms with Gasteiger partial charge in [0.1, 0.15) is 11.6 Å². The van der Waals surface area contributed by atoms with Gasteiger partial charge in [-0.1, -0.05) is 6.07 Å². The van der Waals surface area contributed by atoms with Gasteiger partial charge in [-0.2, -0.15) is 0 Å². The monoisotopic (exact) mass is 278 g/mol. The normalized spacial score (nSPS) is 28.1. The molecule has 0 spiro atoms. The molecule has 0 radical (unpaired) electrons. The molecule has 20 heavy (non-hydrogen) atoms. The second kappa shape index (κ2) is 5.70. The number of ether oxygens (including phenoxy) is 1. The van der Waals surface area contributed by atoms with Gasteiger partial charge in [-0.25, -0.2) is 4.39 Å². The Hall–Kier alpha value is -1.13. The minimum absolute atomic E-state index is 0.0484. The number of fused-ring (bicyclic) bond motifs is 2. The van der Waals surface area contributed by atoms with Crippen molar-refractivity contribution >= 4 is 0 Å². The highest BCUT2D eigenvalue weighted by Crippen LogP contribution is 2.33. The topological polar surface area (TPSA) is 24.5 Å². The Kier molecular flexibility index (Phi) is 3.94. The van der Waals surface area contributed by atoms with Crippen molar-refractivity contribution in [2.24, 2.45) is 0 Å². The third kappa shape index (κ3) is 2.54. The van der Waals surface area contributed by atoms with Gasteiger partial charge in [0.15, 0.2) is 0 Å². The fraction of sp³-hybridized carbons (Fsp3) is 0.625. The number of rotatable bonds is 3. The number of hydrogen-bond acceptors (Lipinski definition) is 3. The highest BCUT2D eigenvalue weighted by Gasteiger charge is 2.32. The molecule has 0 saturated carbocycles. The van der Waals surface area contributed by atoms with Crippen LogP contribution in [0.5, 0.6) is 5.75 Å². The van der Waals surface area contributed by atoms with E-state index in [1.165, 1.54) is 18.9 Å². The summed E-state index contributed by atoms with van der Waals surface area (Å²) < 4.78 is 19.6. The second-order valence-electron chi connectivity index (χ2n) is 5.95. The largest absolute Gasteiger partial charge is 0.496 e. The van der Waals surface area contributed by atoms with Crippen LogP contribution in [0.3, 0.4) is 0 Å². The van der Waals surface area contributed by atoms with Crippen molar-refractivity contribution in [1.82, 2.24) is 10.2 Å². The van der Waals surface area contributed by atoms with E-state index in [0.717, 1.165) is 19.5 Å². The van der Waals surface area contributed by atoms with Crippen molar-refractivity contribution < 1.29 is 9.13 Å². The zero-order valence-electron chi connectivity index (χ0n) is 12.2. The van der Waals surface area contributed by atoms with E-state index < -0.39 is 0 Å². The van der Waals surface area contributed by atoms with Crippen molar-refractivity contribution in [1.29, 1.82) is 0 Å². The predicted molar refractivity (Wildman–Crippen MR) is 77.5 cm³/mol. The van der Waals surface area contributed by atoms with Gasteiger partial charge >= 0.3 is 0 Å². The van der Waals surface area contributed by atoms with E-state index in [1.54, 1.807) is 13.2 Å². The number of hydrogen-bond donors (Lipinski definition) is 1. The van der Waals surface area contributed by atoms with Crippen LogP contribution in [0.1, 0.15) is 37.8 Å². The average Bonchev–Trinajstić information content (AvgIpc) is 2.77. The molecule has 2 bridgehead atoms. The smallest absolute Gasteiger partial charge is 0.131 e. The molecule has 1 N–H and O–H groups in total. The summed E-state index contributed by atoms with van der Waals surface area (Å²) in [6, 6.07) is 6.33. The molecular weight excluding hydrogens is 255 g/mol. The Balaban J connectivity index is 1.83. The highest BCUT2D eigenvalue weighted by molar-refractivity contribution is 5.37. The Labute approximate surface area is 120 Å². The quantitative estimate of drug-likeness (QED) is 0.920. The van der Waals surface area contributed by atoms with Gasteiger partial charge in [-0.3, -0.25) is 4.90 Å². The van der Waals surface area contributed by atoms with E-state index in [-0.39, 0.29) is 11.9 Å². The third-order valence-electron chi connectivity index (χ3n) is 4.75. The number of halogens is 1. The molecule has 2 fully saturated rings. The number of methoxy groups -OCH3 is 1. The van der Waals surface area contributed by atoms with Crippen molar-refractivity contribution in [2.45, 2.75) is 44.3 Å². The van der Waals surface area contributed by atoms with E-state index in [4.69, 9.17) is 4.74 Å². The van der Waals surface area contributed by atoms with Crippen molar-refractivity contribution in [3.05, 3.63) is 29.6 Å². The average molecular weight is 278 g/mol. The summed E-state index contributed by atoms with van der Waals surface area (Å²) in [7, 11) is 1.61. The Morgan fingerprint density at radius 3 is 2.90 bits per heavy atom. The first-order valence-corrected chi connectivity index (χ1v) is 7.51. The third-order valence-corrected chi connectivity index (χ3v) is 4.75. The van der Waals surface area contributed by atoms with Crippen LogP contribution in [0.4, 0.5) is 4.39 Å². The molecule has 3 rings (SSSR count). The van der Waals surface area contributed by atoms with Crippen LogP contribution in [0.25, 0.3) is 0 Å². The van der Waals surface area contributed by atoms with Crippen LogP contribution < -0.4 is 10.1 Å². The highest BCUT2D eigenvalue weighted by atomic mass is 19.1. The molecule has 3 nitrogen and oxygen atoms in total. The van der Waals surface area contributed by atoms with Crippen molar-refractivity contribution in [3.8, 4) is 5.75 Å². The zero-order valence-corrected chi connectivity index (χ0v) is 12.2. The first-order chi connectivity index (χ1) is 9.69. The molecule has 1 aromatic carbocycles. The molecule has 3 atom stereocenters.